The van der Waals surface area contributed by atoms with Crippen LogP contribution in [-0.2, 0) is 0 Å². The first kappa shape index (κ1) is 10.9. The SMILES string of the molecule is CCC(C)N(CC)c1nnc(Br)s1. The Bertz CT molecular complexity index is 264. The van der Waals surface area contributed by atoms with E-state index in [1.165, 1.54) is 0 Å². The van der Waals surface area contributed by atoms with Gasteiger partial charge in [0.1, 0.15) is 0 Å². The third-order valence-corrected chi connectivity index (χ3v) is 3.49. The third-order valence-electron chi connectivity index (χ3n) is 2.10. The highest BCUT2D eigenvalue weighted by atomic mass is 79.9. The van der Waals surface area contributed by atoms with Gasteiger partial charge in [-0.15, -0.1) is 10.2 Å². The van der Waals surface area contributed by atoms with Gasteiger partial charge in [-0.25, -0.2) is 0 Å². The summed E-state index contributed by atoms with van der Waals surface area (Å²) in [6.45, 7) is 7.51. The zero-order valence-corrected chi connectivity index (χ0v) is 10.5. The van der Waals surface area contributed by atoms with Gasteiger partial charge in [0.25, 0.3) is 0 Å². The van der Waals surface area contributed by atoms with Crippen LogP contribution in [0.25, 0.3) is 0 Å². The Morgan fingerprint density at radius 3 is 2.54 bits per heavy atom. The van der Waals surface area contributed by atoms with E-state index in [4.69, 9.17) is 0 Å². The van der Waals surface area contributed by atoms with Gasteiger partial charge in [-0.2, -0.15) is 0 Å². The topological polar surface area (TPSA) is 29.0 Å². The molecule has 0 spiro atoms. The van der Waals surface area contributed by atoms with Crippen LogP contribution in [0, 0.1) is 0 Å². The van der Waals surface area contributed by atoms with E-state index in [-0.39, 0.29) is 0 Å². The number of aromatic nitrogens is 2. The van der Waals surface area contributed by atoms with Crippen LogP contribution in [0.5, 0.6) is 0 Å². The molecule has 0 aliphatic rings. The molecule has 13 heavy (non-hydrogen) atoms. The maximum absolute atomic E-state index is 4.10. The number of halogens is 1. The number of hydrogen-bond donors (Lipinski definition) is 0. The van der Waals surface area contributed by atoms with Crippen molar-refractivity contribution >= 4 is 32.4 Å². The molecule has 0 aliphatic carbocycles. The van der Waals surface area contributed by atoms with E-state index in [0.29, 0.717) is 6.04 Å². The molecule has 0 saturated carbocycles. The second kappa shape index (κ2) is 4.91. The summed E-state index contributed by atoms with van der Waals surface area (Å²) >= 11 is 4.90. The molecular formula is C8H14BrN3S. The van der Waals surface area contributed by atoms with Gasteiger partial charge < -0.3 is 4.90 Å². The Morgan fingerprint density at radius 1 is 1.46 bits per heavy atom. The van der Waals surface area contributed by atoms with E-state index < -0.39 is 0 Å². The van der Waals surface area contributed by atoms with Crippen molar-refractivity contribution in [2.75, 3.05) is 11.4 Å². The summed E-state index contributed by atoms with van der Waals surface area (Å²) in [5.74, 6) is 0. The monoisotopic (exact) mass is 263 g/mol. The van der Waals surface area contributed by atoms with Gasteiger partial charge >= 0.3 is 0 Å². The molecule has 0 amide bonds. The molecule has 1 heterocycles. The van der Waals surface area contributed by atoms with E-state index in [1.807, 2.05) is 0 Å². The molecule has 0 radical (unpaired) electrons. The zero-order chi connectivity index (χ0) is 9.84. The smallest absolute Gasteiger partial charge is 0.209 e. The molecule has 74 valence electrons. The molecule has 1 unspecified atom stereocenters. The predicted molar refractivity (Wildman–Crippen MR) is 60.4 cm³/mol. The standard InChI is InChI=1S/C8H14BrN3S/c1-4-6(3)12(5-2)8-11-10-7(9)13-8/h6H,4-5H2,1-3H3. The summed E-state index contributed by atoms with van der Waals surface area (Å²) in [4.78, 5) is 2.27. The quantitative estimate of drug-likeness (QED) is 0.837. The number of anilines is 1. The summed E-state index contributed by atoms with van der Waals surface area (Å²) in [5.41, 5.74) is 0. The predicted octanol–water partition coefficient (Wildman–Crippen LogP) is 2.93. The molecular weight excluding hydrogens is 250 g/mol. The maximum Gasteiger partial charge on any atom is 0.209 e. The molecule has 0 aliphatic heterocycles. The molecule has 0 N–H and O–H groups in total. The third kappa shape index (κ3) is 2.64. The molecule has 1 atom stereocenters. The molecule has 5 heteroatoms. The van der Waals surface area contributed by atoms with E-state index in [1.54, 1.807) is 11.3 Å². The van der Waals surface area contributed by atoms with Crippen molar-refractivity contribution in [2.45, 2.75) is 33.2 Å². The summed E-state index contributed by atoms with van der Waals surface area (Å²) in [5, 5.41) is 9.05. The van der Waals surface area contributed by atoms with Crippen LogP contribution < -0.4 is 4.90 Å². The first-order valence-corrected chi connectivity index (χ1v) is 6.05. The lowest BCUT2D eigenvalue weighted by atomic mass is 10.2. The van der Waals surface area contributed by atoms with Gasteiger partial charge in [-0.3, -0.25) is 0 Å². The Labute approximate surface area is 91.3 Å². The first-order chi connectivity index (χ1) is 6.19. The number of hydrogen-bond acceptors (Lipinski definition) is 4. The maximum atomic E-state index is 4.10. The normalized spacial score (nSPS) is 12.9. The van der Waals surface area contributed by atoms with Crippen LogP contribution in [0.15, 0.2) is 3.92 Å². The fraction of sp³-hybridized carbons (Fsp3) is 0.750. The average molecular weight is 264 g/mol. The minimum Gasteiger partial charge on any atom is -0.344 e. The van der Waals surface area contributed by atoms with Crippen molar-refractivity contribution in [2.24, 2.45) is 0 Å². The lowest BCUT2D eigenvalue weighted by Gasteiger charge is -2.25. The van der Waals surface area contributed by atoms with Crippen LogP contribution in [-0.4, -0.2) is 22.8 Å². The molecule has 1 aromatic heterocycles. The molecule has 1 rings (SSSR count). The van der Waals surface area contributed by atoms with E-state index in [2.05, 4.69) is 51.8 Å². The van der Waals surface area contributed by atoms with Crippen molar-refractivity contribution in [1.82, 2.24) is 10.2 Å². The Balaban J connectivity index is 2.77. The lowest BCUT2D eigenvalue weighted by Crippen LogP contribution is -2.32. The fourth-order valence-corrected chi connectivity index (χ4v) is 2.42. The van der Waals surface area contributed by atoms with Gasteiger partial charge in [0.05, 0.1) is 0 Å². The number of rotatable bonds is 4. The van der Waals surface area contributed by atoms with Gasteiger partial charge in [0.2, 0.25) is 5.13 Å². The Kier molecular flexibility index (Phi) is 4.12. The highest BCUT2D eigenvalue weighted by Crippen LogP contribution is 2.25. The van der Waals surface area contributed by atoms with Crippen molar-refractivity contribution < 1.29 is 0 Å². The van der Waals surface area contributed by atoms with Crippen LogP contribution in [0.1, 0.15) is 27.2 Å². The van der Waals surface area contributed by atoms with Gasteiger partial charge in [0, 0.05) is 12.6 Å². The Hall–Kier alpha value is -0.160. The Morgan fingerprint density at radius 2 is 2.15 bits per heavy atom. The molecule has 0 bridgehead atoms. The van der Waals surface area contributed by atoms with E-state index in [9.17, 15) is 0 Å². The zero-order valence-electron chi connectivity index (χ0n) is 8.12. The summed E-state index contributed by atoms with van der Waals surface area (Å²) in [6.07, 6.45) is 1.13. The van der Waals surface area contributed by atoms with Crippen molar-refractivity contribution in [3.63, 3.8) is 0 Å². The second-order valence-electron chi connectivity index (χ2n) is 2.88. The van der Waals surface area contributed by atoms with Gasteiger partial charge in [-0.05, 0) is 36.2 Å². The molecule has 3 nitrogen and oxygen atoms in total. The second-order valence-corrected chi connectivity index (χ2v) is 5.11. The van der Waals surface area contributed by atoms with Crippen molar-refractivity contribution in [1.29, 1.82) is 0 Å². The summed E-state index contributed by atoms with van der Waals surface area (Å²) in [7, 11) is 0. The largest absolute Gasteiger partial charge is 0.344 e. The highest BCUT2D eigenvalue weighted by molar-refractivity contribution is 9.11. The van der Waals surface area contributed by atoms with Crippen LogP contribution in [0.4, 0.5) is 5.13 Å². The highest BCUT2D eigenvalue weighted by Gasteiger charge is 2.14. The minimum absolute atomic E-state index is 0.532. The van der Waals surface area contributed by atoms with E-state index in [0.717, 1.165) is 22.0 Å². The lowest BCUT2D eigenvalue weighted by molar-refractivity contribution is 0.626. The summed E-state index contributed by atoms with van der Waals surface area (Å²) in [6, 6.07) is 0.532. The van der Waals surface area contributed by atoms with Crippen molar-refractivity contribution in [3.8, 4) is 0 Å². The molecule has 0 fully saturated rings. The van der Waals surface area contributed by atoms with Gasteiger partial charge in [-0.1, -0.05) is 18.3 Å². The minimum atomic E-state index is 0.532. The molecule has 0 saturated heterocycles. The van der Waals surface area contributed by atoms with Gasteiger partial charge in [0.15, 0.2) is 3.92 Å². The average Bonchev–Trinajstić information content (AvgIpc) is 2.53. The van der Waals surface area contributed by atoms with Crippen LogP contribution in [0.3, 0.4) is 0 Å². The van der Waals surface area contributed by atoms with E-state index >= 15 is 0 Å². The van der Waals surface area contributed by atoms with Crippen LogP contribution in [0.2, 0.25) is 0 Å². The first-order valence-electron chi connectivity index (χ1n) is 4.44. The van der Waals surface area contributed by atoms with Crippen LogP contribution >= 0.6 is 27.3 Å². The number of nitrogens with zero attached hydrogens (tertiary/aromatic N) is 3. The molecule has 1 aromatic rings. The summed E-state index contributed by atoms with van der Waals surface area (Å²) < 4.78 is 0.851. The molecule has 0 aromatic carbocycles. The van der Waals surface area contributed by atoms with Crippen molar-refractivity contribution in [3.05, 3.63) is 3.92 Å². The fourth-order valence-electron chi connectivity index (χ4n) is 1.17.